The maximum atomic E-state index is 10.5. The van der Waals surface area contributed by atoms with Gasteiger partial charge in [0.2, 0.25) is 0 Å². The normalized spacial score (nSPS) is 10.0. The van der Waals surface area contributed by atoms with Crippen molar-refractivity contribution in [2.45, 2.75) is 0 Å². The van der Waals surface area contributed by atoms with E-state index in [2.05, 4.69) is 0 Å². The van der Waals surface area contributed by atoms with Crippen molar-refractivity contribution in [2.75, 3.05) is 0 Å². The molecule has 0 aliphatic heterocycles. The maximum Gasteiger partial charge on any atom is 0.409 e. The first-order valence-corrected chi connectivity index (χ1v) is 4.22. The van der Waals surface area contributed by atoms with Gasteiger partial charge in [-0.15, -0.1) is 0 Å². The first kappa shape index (κ1) is 8.56. The summed E-state index contributed by atoms with van der Waals surface area (Å²) in [6.45, 7) is 0. The van der Waals surface area contributed by atoms with Gasteiger partial charge >= 0.3 is 6.09 Å². The summed E-state index contributed by atoms with van der Waals surface area (Å²) in [6.07, 6.45) is -0.791. The summed E-state index contributed by atoms with van der Waals surface area (Å²) < 4.78 is 4.76. The predicted molar refractivity (Wildman–Crippen MR) is 54.2 cm³/mol. The van der Waals surface area contributed by atoms with Crippen molar-refractivity contribution in [1.82, 2.24) is 0 Å². The number of benzene rings is 2. The van der Waals surface area contributed by atoms with E-state index in [9.17, 15) is 4.79 Å². The van der Waals surface area contributed by atoms with Gasteiger partial charge in [0.05, 0.1) is 0 Å². The zero-order chi connectivity index (χ0) is 9.97. The van der Waals surface area contributed by atoms with Crippen molar-refractivity contribution in [3.05, 3.63) is 42.5 Å². The molecule has 3 heteroatoms. The van der Waals surface area contributed by atoms with Gasteiger partial charge in [-0.1, -0.05) is 30.3 Å². The molecule has 0 fully saturated rings. The maximum absolute atomic E-state index is 10.5. The topological polar surface area (TPSA) is 52.3 Å². The molecular formula is C11H9NO2. The summed E-state index contributed by atoms with van der Waals surface area (Å²) >= 11 is 0. The molecule has 0 aromatic heterocycles. The average Bonchev–Trinajstić information content (AvgIpc) is 2.17. The van der Waals surface area contributed by atoms with Crippen LogP contribution in [0.15, 0.2) is 42.5 Å². The minimum atomic E-state index is -0.791. The summed E-state index contributed by atoms with van der Waals surface area (Å²) in [5.74, 6) is 0.469. The summed E-state index contributed by atoms with van der Waals surface area (Å²) in [7, 11) is 0. The summed E-state index contributed by atoms with van der Waals surface area (Å²) in [5, 5.41) is 2.12. The van der Waals surface area contributed by atoms with Crippen LogP contribution in [0.3, 0.4) is 0 Å². The summed E-state index contributed by atoms with van der Waals surface area (Å²) in [6, 6.07) is 13.2. The molecule has 2 aromatic rings. The van der Waals surface area contributed by atoms with Crippen molar-refractivity contribution in [2.24, 2.45) is 5.73 Å². The molecule has 2 aromatic carbocycles. The highest BCUT2D eigenvalue weighted by atomic mass is 16.5. The molecule has 0 unspecified atom stereocenters. The van der Waals surface area contributed by atoms with Gasteiger partial charge in [-0.3, -0.25) is 0 Å². The van der Waals surface area contributed by atoms with Crippen LogP contribution in [0.25, 0.3) is 10.8 Å². The number of hydrogen-bond donors (Lipinski definition) is 1. The fourth-order valence-corrected chi connectivity index (χ4v) is 1.35. The van der Waals surface area contributed by atoms with Crippen molar-refractivity contribution in [1.29, 1.82) is 0 Å². The Morgan fingerprint density at radius 2 is 1.79 bits per heavy atom. The lowest BCUT2D eigenvalue weighted by atomic mass is 10.1. The molecule has 0 aliphatic rings. The van der Waals surface area contributed by atoms with Crippen LogP contribution in [-0.4, -0.2) is 6.09 Å². The Balaban J connectivity index is 2.46. The second-order valence-corrected chi connectivity index (χ2v) is 2.93. The molecule has 0 radical (unpaired) electrons. The van der Waals surface area contributed by atoms with Crippen molar-refractivity contribution in [3.8, 4) is 5.75 Å². The SMILES string of the molecule is NC(=O)Oc1ccc2ccccc2c1. The van der Waals surface area contributed by atoms with E-state index in [0.29, 0.717) is 5.75 Å². The van der Waals surface area contributed by atoms with E-state index in [1.807, 2.05) is 30.3 Å². The Kier molecular flexibility index (Phi) is 2.07. The molecule has 3 nitrogen and oxygen atoms in total. The number of ether oxygens (including phenoxy) is 1. The molecule has 0 bridgehead atoms. The van der Waals surface area contributed by atoms with Crippen molar-refractivity contribution >= 4 is 16.9 Å². The van der Waals surface area contributed by atoms with Crippen molar-refractivity contribution < 1.29 is 9.53 Å². The first-order valence-electron chi connectivity index (χ1n) is 4.22. The molecule has 0 heterocycles. The summed E-state index contributed by atoms with van der Waals surface area (Å²) in [4.78, 5) is 10.5. The van der Waals surface area contributed by atoms with E-state index in [4.69, 9.17) is 10.5 Å². The minimum absolute atomic E-state index is 0.469. The van der Waals surface area contributed by atoms with Crippen molar-refractivity contribution in [3.63, 3.8) is 0 Å². The quantitative estimate of drug-likeness (QED) is 0.744. The number of nitrogens with two attached hydrogens (primary N) is 1. The molecule has 0 spiro atoms. The number of amides is 1. The van der Waals surface area contributed by atoms with E-state index in [1.165, 1.54) is 0 Å². The van der Waals surface area contributed by atoms with Crippen LogP contribution in [0, 0.1) is 0 Å². The van der Waals surface area contributed by atoms with Crippen LogP contribution >= 0.6 is 0 Å². The van der Waals surface area contributed by atoms with Gasteiger partial charge in [0.15, 0.2) is 0 Å². The lowest BCUT2D eigenvalue weighted by Crippen LogP contribution is -2.16. The van der Waals surface area contributed by atoms with Crippen LogP contribution in [0.5, 0.6) is 5.75 Å². The fourth-order valence-electron chi connectivity index (χ4n) is 1.35. The van der Waals surface area contributed by atoms with Gasteiger partial charge in [0.25, 0.3) is 0 Å². The summed E-state index contributed by atoms with van der Waals surface area (Å²) in [5.41, 5.74) is 4.91. The average molecular weight is 187 g/mol. The largest absolute Gasteiger partial charge is 0.410 e. The molecular weight excluding hydrogens is 178 g/mol. The third kappa shape index (κ3) is 1.66. The number of carbonyl (C=O) groups excluding carboxylic acids is 1. The number of fused-ring (bicyclic) bond motifs is 1. The fraction of sp³-hybridized carbons (Fsp3) is 0. The third-order valence-corrected chi connectivity index (χ3v) is 1.94. The number of primary amides is 1. The number of carbonyl (C=O) groups is 1. The van der Waals surface area contributed by atoms with E-state index in [0.717, 1.165) is 10.8 Å². The molecule has 1 amide bonds. The lowest BCUT2D eigenvalue weighted by Gasteiger charge is -2.02. The Bertz CT molecular complexity index is 479. The molecule has 0 saturated heterocycles. The molecule has 14 heavy (non-hydrogen) atoms. The van der Waals surface area contributed by atoms with E-state index >= 15 is 0 Å². The Morgan fingerprint density at radius 1 is 1.07 bits per heavy atom. The van der Waals surface area contributed by atoms with Gasteiger partial charge in [-0.25, -0.2) is 4.79 Å². The second-order valence-electron chi connectivity index (χ2n) is 2.93. The lowest BCUT2D eigenvalue weighted by molar-refractivity contribution is 0.211. The smallest absolute Gasteiger partial charge is 0.409 e. The molecule has 2 rings (SSSR count). The Labute approximate surface area is 81.1 Å². The van der Waals surface area contributed by atoms with Crippen LogP contribution in [-0.2, 0) is 0 Å². The van der Waals surface area contributed by atoms with Crippen LogP contribution in [0.2, 0.25) is 0 Å². The van der Waals surface area contributed by atoms with E-state index in [-0.39, 0.29) is 0 Å². The van der Waals surface area contributed by atoms with Crippen LogP contribution < -0.4 is 10.5 Å². The highest BCUT2D eigenvalue weighted by Crippen LogP contribution is 2.20. The van der Waals surface area contributed by atoms with Gasteiger partial charge in [0, 0.05) is 0 Å². The molecule has 70 valence electrons. The minimum Gasteiger partial charge on any atom is -0.410 e. The zero-order valence-electron chi connectivity index (χ0n) is 7.44. The second kappa shape index (κ2) is 3.38. The Hall–Kier alpha value is -2.03. The van der Waals surface area contributed by atoms with Gasteiger partial charge in [-0.05, 0) is 22.9 Å². The number of hydrogen-bond acceptors (Lipinski definition) is 2. The van der Waals surface area contributed by atoms with Crippen LogP contribution in [0.1, 0.15) is 0 Å². The molecule has 0 aliphatic carbocycles. The molecule has 2 N–H and O–H groups in total. The monoisotopic (exact) mass is 187 g/mol. The highest BCUT2D eigenvalue weighted by molar-refractivity contribution is 5.84. The number of rotatable bonds is 1. The highest BCUT2D eigenvalue weighted by Gasteiger charge is 1.99. The predicted octanol–water partition coefficient (Wildman–Crippen LogP) is 2.30. The van der Waals surface area contributed by atoms with Gasteiger partial charge in [-0.2, -0.15) is 0 Å². The van der Waals surface area contributed by atoms with E-state index < -0.39 is 6.09 Å². The van der Waals surface area contributed by atoms with Crippen LogP contribution in [0.4, 0.5) is 4.79 Å². The molecule has 0 atom stereocenters. The standard InChI is InChI=1S/C11H9NO2/c12-11(13)14-10-6-5-8-3-1-2-4-9(8)7-10/h1-7H,(H2,12,13). The third-order valence-electron chi connectivity index (χ3n) is 1.94. The zero-order valence-corrected chi connectivity index (χ0v) is 7.44. The van der Waals surface area contributed by atoms with E-state index in [1.54, 1.807) is 12.1 Å². The van der Waals surface area contributed by atoms with Gasteiger partial charge in [0.1, 0.15) is 5.75 Å². The molecule has 0 saturated carbocycles. The van der Waals surface area contributed by atoms with Gasteiger partial charge < -0.3 is 10.5 Å². The Morgan fingerprint density at radius 3 is 2.50 bits per heavy atom. The first-order chi connectivity index (χ1) is 6.75.